The van der Waals surface area contributed by atoms with E-state index in [0.717, 1.165) is 5.56 Å². The third-order valence-corrected chi connectivity index (χ3v) is 3.82. The molecule has 0 saturated carbocycles. The SMILES string of the molecule is C[C@@H]1CN(C(=O)CC[C@H](N)c2ccccc2)CC(C)(C)O1. The Labute approximate surface area is 127 Å². The molecular formula is C17H26N2O2. The third-order valence-electron chi connectivity index (χ3n) is 3.82. The molecule has 116 valence electrons. The Balaban J connectivity index is 1.87. The zero-order chi connectivity index (χ0) is 15.5. The van der Waals surface area contributed by atoms with E-state index in [1.165, 1.54) is 0 Å². The Hall–Kier alpha value is -1.39. The van der Waals surface area contributed by atoms with Gasteiger partial charge in [0.05, 0.1) is 11.7 Å². The van der Waals surface area contributed by atoms with Crippen molar-refractivity contribution in [1.82, 2.24) is 4.90 Å². The van der Waals surface area contributed by atoms with Gasteiger partial charge in [0.1, 0.15) is 0 Å². The molecule has 0 aromatic heterocycles. The average molecular weight is 290 g/mol. The highest BCUT2D eigenvalue weighted by Crippen LogP contribution is 2.22. The molecule has 2 rings (SSSR count). The van der Waals surface area contributed by atoms with E-state index >= 15 is 0 Å². The van der Waals surface area contributed by atoms with E-state index in [1.807, 2.05) is 56.0 Å². The van der Waals surface area contributed by atoms with Gasteiger partial charge in [-0.05, 0) is 32.8 Å². The molecule has 4 heteroatoms. The van der Waals surface area contributed by atoms with Crippen LogP contribution in [0.4, 0.5) is 0 Å². The number of nitrogens with zero attached hydrogens (tertiary/aromatic N) is 1. The van der Waals surface area contributed by atoms with E-state index in [9.17, 15) is 4.79 Å². The van der Waals surface area contributed by atoms with Gasteiger partial charge in [-0.1, -0.05) is 30.3 Å². The summed E-state index contributed by atoms with van der Waals surface area (Å²) in [6, 6.07) is 9.86. The fourth-order valence-corrected chi connectivity index (χ4v) is 2.95. The maximum Gasteiger partial charge on any atom is 0.222 e. The summed E-state index contributed by atoms with van der Waals surface area (Å²) in [5.41, 5.74) is 6.97. The topological polar surface area (TPSA) is 55.6 Å². The first-order valence-corrected chi connectivity index (χ1v) is 7.63. The molecule has 1 saturated heterocycles. The van der Waals surface area contributed by atoms with Crippen LogP contribution in [-0.4, -0.2) is 35.6 Å². The second-order valence-corrected chi connectivity index (χ2v) is 6.52. The summed E-state index contributed by atoms with van der Waals surface area (Å²) in [6.07, 6.45) is 1.24. The van der Waals surface area contributed by atoms with Crippen LogP contribution in [0, 0.1) is 0 Å². The van der Waals surface area contributed by atoms with E-state index in [-0.39, 0.29) is 23.7 Å². The van der Waals surface area contributed by atoms with Crippen LogP contribution < -0.4 is 5.73 Å². The van der Waals surface area contributed by atoms with Gasteiger partial charge in [0.15, 0.2) is 0 Å². The van der Waals surface area contributed by atoms with Crippen LogP contribution in [0.1, 0.15) is 45.2 Å². The van der Waals surface area contributed by atoms with Gasteiger partial charge in [0, 0.05) is 25.6 Å². The fraction of sp³-hybridized carbons (Fsp3) is 0.588. The summed E-state index contributed by atoms with van der Waals surface area (Å²) < 4.78 is 5.83. The minimum atomic E-state index is -0.269. The zero-order valence-electron chi connectivity index (χ0n) is 13.2. The Kier molecular flexibility index (Phi) is 5.01. The lowest BCUT2D eigenvalue weighted by atomic mass is 10.0. The molecule has 1 aliphatic rings. The first-order chi connectivity index (χ1) is 9.87. The van der Waals surface area contributed by atoms with Gasteiger partial charge in [-0.3, -0.25) is 4.79 Å². The molecule has 1 heterocycles. The standard InChI is InChI=1S/C17H26N2O2/c1-13-11-19(12-17(2,3)21-13)16(20)10-9-15(18)14-7-5-4-6-8-14/h4-8,13,15H,9-12,18H2,1-3H3/t13-,15+/m1/s1. The second-order valence-electron chi connectivity index (χ2n) is 6.52. The molecule has 1 aliphatic heterocycles. The molecule has 0 spiro atoms. The smallest absolute Gasteiger partial charge is 0.222 e. The molecule has 4 nitrogen and oxygen atoms in total. The molecule has 0 aliphatic carbocycles. The van der Waals surface area contributed by atoms with Crippen LogP contribution >= 0.6 is 0 Å². The van der Waals surface area contributed by atoms with Crippen LogP contribution in [0.25, 0.3) is 0 Å². The molecule has 0 radical (unpaired) electrons. The van der Waals surface area contributed by atoms with Crippen LogP contribution in [0.3, 0.4) is 0 Å². The van der Waals surface area contributed by atoms with Crippen molar-refractivity contribution in [2.24, 2.45) is 5.73 Å². The zero-order valence-corrected chi connectivity index (χ0v) is 13.2. The van der Waals surface area contributed by atoms with Crippen LogP contribution in [0.2, 0.25) is 0 Å². The second kappa shape index (κ2) is 6.58. The highest BCUT2D eigenvalue weighted by molar-refractivity contribution is 5.76. The summed E-state index contributed by atoms with van der Waals surface area (Å²) in [6.45, 7) is 7.38. The van der Waals surface area contributed by atoms with E-state index in [1.54, 1.807) is 0 Å². The molecule has 1 amide bonds. The molecule has 1 aromatic rings. The third kappa shape index (κ3) is 4.55. The lowest BCUT2D eigenvalue weighted by Gasteiger charge is -2.41. The van der Waals surface area contributed by atoms with E-state index in [4.69, 9.17) is 10.5 Å². The monoisotopic (exact) mass is 290 g/mol. The molecule has 21 heavy (non-hydrogen) atoms. The lowest BCUT2D eigenvalue weighted by Crippen LogP contribution is -2.53. The van der Waals surface area contributed by atoms with Crippen LogP contribution in [0.5, 0.6) is 0 Å². The Bertz CT molecular complexity index is 473. The van der Waals surface area contributed by atoms with E-state index < -0.39 is 0 Å². The van der Waals surface area contributed by atoms with Gasteiger partial charge >= 0.3 is 0 Å². The van der Waals surface area contributed by atoms with Crippen molar-refractivity contribution in [2.45, 2.75) is 51.4 Å². The molecule has 1 aromatic carbocycles. The van der Waals surface area contributed by atoms with Gasteiger partial charge < -0.3 is 15.4 Å². The highest BCUT2D eigenvalue weighted by Gasteiger charge is 2.33. The van der Waals surface area contributed by atoms with Crippen molar-refractivity contribution in [2.75, 3.05) is 13.1 Å². The number of carbonyl (C=O) groups excluding carboxylic acids is 1. The van der Waals surface area contributed by atoms with Crippen molar-refractivity contribution in [3.63, 3.8) is 0 Å². The molecular weight excluding hydrogens is 264 g/mol. The van der Waals surface area contributed by atoms with Crippen molar-refractivity contribution >= 4 is 5.91 Å². The maximum absolute atomic E-state index is 12.4. The van der Waals surface area contributed by atoms with Crippen molar-refractivity contribution in [3.8, 4) is 0 Å². The lowest BCUT2D eigenvalue weighted by molar-refractivity contribution is -0.158. The van der Waals surface area contributed by atoms with Crippen LogP contribution in [0.15, 0.2) is 30.3 Å². The normalized spacial score (nSPS) is 22.9. The number of amides is 1. The van der Waals surface area contributed by atoms with Crippen LogP contribution in [-0.2, 0) is 9.53 Å². The number of carbonyl (C=O) groups is 1. The van der Waals surface area contributed by atoms with Crippen molar-refractivity contribution in [1.29, 1.82) is 0 Å². The minimum Gasteiger partial charge on any atom is -0.369 e. The molecule has 1 fully saturated rings. The number of ether oxygens (including phenoxy) is 1. The Morgan fingerprint density at radius 2 is 2.10 bits per heavy atom. The Morgan fingerprint density at radius 3 is 2.71 bits per heavy atom. The summed E-state index contributed by atoms with van der Waals surface area (Å²) in [5, 5.41) is 0. The minimum absolute atomic E-state index is 0.0818. The van der Waals surface area contributed by atoms with Gasteiger partial charge in [-0.15, -0.1) is 0 Å². The molecule has 0 bridgehead atoms. The summed E-state index contributed by atoms with van der Waals surface area (Å²) in [4.78, 5) is 14.3. The first-order valence-electron chi connectivity index (χ1n) is 7.63. The van der Waals surface area contributed by atoms with Crippen molar-refractivity contribution in [3.05, 3.63) is 35.9 Å². The van der Waals surface area contributed by atoms with Gasteiger partial charge in [-0.25, -0.2) is 0 Å². The van der Waals surface area contributed by atoms with E-state index in [0.29, 0.717) is 25.9 Å². The van der Waals surface area contributed by atoms with Gasteiger partial charge in [0.2, 0.25) is 5.91 Å². The number of morpholine rings is 1. The van der Waals surface area contributed by atoms with Gasteiger partial charge in [0.25, 0.3) is 0 Å². The first kappa shape index (κ1) is 16.0. The highest BCUT2D eigenvalue weighted by atomic mass is 16.5. The fourth-order valence-electron chi connectivity index (χ4n) is 2.95. The van der Waals surface area contributed by atoms with Gasteiger partial charge in [-0.2, -0.15) is 0 Å². The summed E-state index contributed by atoms with van der Waals surface area (Å²) in [5.74, 6) is 0.171. The largest absolute Gasteiger partial charge is 0.369 e. The quantitative estimate of drug-likeness (QED) is 0.927. The molecule has 0 unspecified atom stereocenters. The Morgan fingerprint density at radius 1 is 1.43 bits per heavy atom. The molecule has 2 atom stereocenters. The number of hydrogen-bond acceptors (Lipinski definition) is 3. The predicted octanol–water partition coefficient (Wildman–Crippen LogP) is 2.49. The number of rotatable bonds is 4. The van der Waals surface area contributed by atoms with Crippen molar-refractivity contribution < 1.29 is 9.53 Å². The maximum atomic E-state index is 12.4. The number of nitrogens with two attached hydrogens (primary N) is 1. The van der Waals surface area contributed by atoms with E-state index in [2.05, 4.69) is 0 Å². The predicted molar refractivity (Wildman–Crippen MR) is 83.8 cm³/mol. The summed E-state index contributed by atoms with van der Waals surface area (Å²) in [7, 11) is 0. The number of benzene rings is 1. The number of hydrogen-bond donors (Lipinski definition) is 1. The summed E-state index contributed by atoms with van der Waals surface area (Å²) >= 11 is 0. The average Bonchev–Trinajstić information content (AvgIpc) is 2.43. The molecule has 2 N–H and O–H groups in total.